The standard InChI is InChI=1S/C18H19F2N3O2/c1-11-10-22(7-8-25-11)18(24)17-13-3-2-4-16(13)23(21-17)12-5-6-14(19)15(20)9-12/h5-6,9,11H,2-4,7-8,10H2,1H3/t11-/m0/s1. The maximum absolute atomic E-state index is 13.6. The van der Waals surface area contributed by atoms with E-state index in [0.717, 1.165) is 42.7 Å². The fraction of sp³-hybridized carbons (Fsp3) is 0.444. The van der Waals surface area contributed by atoms with Crippen LogP contribution in [-0.4, -0.2) is 46.4 Å². The number of aromatic nitrogens is 2. The molecule has 1 aromatic heterocycles. The summed E-state index contributed by atoms with van der Waals surface area (Å²) in [5.74, 6) is -1.93. The van der Waals surface area contributed by atoms with Crippen molar-refractivity contribution in [2.45, 2.75) is 32.3 Å². The van der Waals surface area contributed by atoms with E-state index in [9.17, 15) is 13.6 Å². The van der Waals surface area contributed by atoms with Crippen molar-refractivity contribution in [1.82, 2.24) is 14.7 Å². The number of fused-ring (bicyclic) bond motifs is 1. The minimum Gasteiger partial charge on any atom is -0.375 e. The lowest BCUT2D eigenvalue weighted by atomic mass is 10.1. The molecule has 25 heavy (non-hydrogen) atoms. The van der Waals surface area contributed by atoms with Crippen LogP contribution in [0.1, 0.15) is 35.1 Å². The fourth-order valence-corrected chi connectivity index (χ4v) is 3.59. The van der Waals surface area contributed by atoms with Crippen LogP contribution in [0.4, 0.5) is 8.78 Å². The van der Waals surface area contributed by atoms with Crippen LogP contribution in [0.15, 0.2) is 18.2 Å². The van der Waals surface area contributed by atoms with Gasteiger partial charge in [0.1, 0.15) is 0 Å². The Morgan fingerprint density at radius 1 is 1.28 bits per heavy atom. The van der Waals surface area contributed by atoms with Crippen molar-refractivity contribution in [3.8, 4) is 5.69 Å². The second-order valence-electron chi connectivity index (χ2n) is 6.57. The van der Waals surface area contributed by atoms with Gasteiger partial charge in [-0.15, -0.1) is 0 Å². The van der Waals surface area contributed by atoms with Crippen LogP contribution < -0.4 is 0 Å². The Hall–Kier alpha value is -2.28. The monoisotopic (exact) mass is 347 g/mol. The Bertz CT molecular complexity index is 834. The van der Waals surface area contributed by atoms with Gasteiger partial charge in [-0.3, -0.25) is 4.79 Å². The summed E-state index contributed by atoms with van der Waals surface area (Å²) in [5, 5.41) is 4.47. The minimum atomic E-state index is -0.922. The SMILES string of the molecule is C[C@H]1CN(C(=O)c2nn(-c3ccc(F)c(F)c3)c3c2CCC3)CCO1. The number of ether oxygens (including phenoxy) is 1. The van der Waals surface area contributed by atoms with E-state index in [1.165, 1.54) is 6.07 Å². The highest BCUT2D eigenvalue weighted by Crippen LogP contribution is 2.29. The molecule has 1 saturated heterocycles. The largest absolute Gasteiger partial charge is 0.375 e. The van der Waals surface area contributed by atoms with Gasteiger partial charge in [-0.05, 0) is 38.3 Å². The van der Waals surface area contributed by atoms with E-state index in [1.807, 2.05) is 6.92 Å². The number of amides is 1. The van der Waals surface area contributed by atoms with Crippen LogP contribution in [0.3, 0.4) is 0 Å². The smallest absolute Gasteiger partial charge is 0.274 e. The molecule has 2 aromatic rings. The third-order valence-electron chi connectivity index (χ3n) is 4.81. The fourth-order valence-electron chi connectivity index (χ4n) is 3.59. The molecule has 1 aliphatic carbocycles. The quantitative estimate of drug-likeness (QED) is 0.839. The first-order valence-corrected chi connectivity index (χ1v) is 8.51. The molecule has 1 atom stereocenters. The summed E-state index contributed by atoms with van der Waals surface area (Å²) in [6.07, 6.45) is 2.48. The Balaban J connectivity index is 1.72. The van der Waals surface area contributed by atoms with Gasteiger partial charge in [-0.1, -0.05) is 0 Å². The molecule has 0 spiro atoms. The number of nitrogens with zero attached hydrogens (tertiary/aromatic N) is 3. The number of benzene rings is 1. The van der Waals surface area contributed by atoms with Gasteiger partial charge < -0.3 is 9.64 Å². The van der Waals surface area contributed by atoms with Crippen LogP contribution in [0.2, 0.25) is 0 Å². The average molecular weight is 347 g/mol. The molecule has 4 rings (SSSR count). The first kappa shape index (κ1) is 16.2. The zero-order valence-corrected chi connectivity index (χ0v) is 14.0. The molecule has 2 heterocycles. The van der Waals surface area contributed by atoms with Crippen molar-refractivity contribution in [2.24, 2.45) is 0 Å². The lowest BCUT2D eigenvalue weighted by molar-refractivity contribution is -0.0126. The van der Waals surface area contributed by atoms with Crippen LogP contribution >= 0.6 is 0 Å². The summed E-state index contributed by atoms with van der Waals surface area (Å²) < 4.78 is 33.9. The summed E-state index contributed by atoms with van der Waals surface area (Å²) in [6, 6.07) is 3.68. The summed E-state index contributed by atoms with van der Waals surface area (Å²) in [5.41, 5.74) is 2.70. The van der Waals surface area contributed by atoms with Gasteiger partial charge >= 0.3 is 0 Å². The third kappa shape index (κ3) is 2.82. The van der Waals surface area contributed by atoms with E-state index >= 15 is 0 Å². The van der Waals surface area contributed by atoms with Gasteiger partial charge in [0.05, 0.1) is 18.4 Å². The lowest BCUT2D eigenvalue weighted by Gasteiger charge is -2.30. The molecule has 1 aromatic carbocycles. The normalized spacial score (nSPS) is 20.0. The number of halogens is 2. The molecule has 2 aliphatic rings. The number of hydrogen-bond donors (Lipinski definition) is 0. The molecule has 1 amide bonds. The van der Waals surface area contributed by atoms with Crippen molar-refractivity contribution in [3.63, 3.8) is 0 Å². The minimum absolute atomic E-state index is 0.000899. The lowest BCUT2D eigenvalue weighted by Crippen LogP contribution is -2.44. The van der Waals surface area contributed by atoms with Crippen molar-refractivity contribution in [3.05, 3.63) is 46.8 Å². The van der Waals surface area contributed by atoms with Crippen molar-refractivity contribution in [2.75, 3.05) is 19.7 Å². The van der Waals surface area contributed by atoms with E-state index < -0.39 is 11.6 Å². The Morgan fingerprint density at radius 2 is 2.12 bits per heavy atom. The van der Waals surface area contributed by atoms with Gasteiger partial charge in [-0.2, -0.15) is 5.10 Å². The molecule has 7 heteroatoms. The van der Waals surface area contributed by atoms with E-state index in [1.54, 1.807) is 9.58 Å². The molecule has 1 fully saturated rings. The average Bonchev–Trinajstić information content (AvgIpc) is 3.19. The molecule has 132 valence electrons. The number of morpholine rings is 1. The van der Waals surface area contributed by atoms with Gasteiger partial charge in [0.15, 0.2) is 17.3 Å². The number of hydrogen-bond acceptors (Lipinski definition) is 3. The van der Waals surface area contributed by atoms with Crippen molar-refractivity contribution in [1.29, 1.82) is 0 Å². The van der Waals surface area contributed by atoms with Crippen LogP contribution in [0.5, 0.6) is 0 Å². The molecule has 0 saturated carbocycles. The molecular weight excluding hydrogens is 328 g/mol. The van der Waals surface area contributed by atoms with E-state index in [4.69, 9.17) is 4.74 Å². The topological polar surface area (TPSA) is 47.4 Å². The second-order valence-corrected chi connectivity index (χ2v) is 6.57. The third-order valence-corrected chi connectivity index (χ3v) is 4.81. The van der Waals surface area contributed by atoms with E-state index in [-0.39, 0.29) is 12.0 Å². The highest BCUT2D eigenvalue weighted by molar-refractivity contribution is 5.94. The van der Waals surface area contributed by atoms with Gasteiger partial charge in [0, 0.05) is 30.4 Å². The Kier molecular flexibility index (Phi) is 4.03. The number of carbonyl (C=O) groups is 1. The summed E-state index contributed by atoms with van der Waals surface area (Å²) >= 11 is 0. The molecular formula is C18H19F2N3O2. The van der Waals surface area contributed by atoms with Crippen LogP contribution in [-0.2, 0) is 17.6 Å². The predicted octanol–water partition coefficient (Wildman–Crippen LogP) is 2.50. The predicted molar refractivity (Wildman–Crippen MR) is 86.8 cm³/mol. The Morgan fingerprint density at radius 3 is 2.88 bits per heavy atom. The number of rotatable bonds is 2. The molecule has 0 bridgehead atoms. The van der Waals surface area contributed by atoms with Crippen molar-refractivity contribution >= 4 is 5.91 Å². The summed E-state index contributed by atoms with van der Waals surface area (Å²) in [6.45, 7) is 3.52. The highest BCUT2D eigenvalue weighted by Gasteiger charge is 2.31. The summed E-state index contributed by atoms with van der Waals surface area (Å²) in [4.78, 5) is 14.7. The first-order chi connectivity index (χ1) is 12.0. The van der Waals surface area contributed by atoms with Gasteiger partial charge in [-0.25, -0.2) is 13.5 Å². The maximum Gasteiger partial charge on any atom is 0.274 e. The first-order valence-electron chi connectivity index (χ1n) is 8.51. The van der Waals surface area contributed by atoms with E-state index in [0.29, 0.717) is 31.1 Å². The Labute approximate surface area is 144 Å². The summed E-state index contributed by atoms with van der Waals surface area (Å²) in [7, 11) is 0. The highest BCUT2D eigenvalue weighted by atomic mass is 19.2. The molecule has 0 unspecified atom stereocenters. The molecule has 0 N–H and O–H groups in total. The van der Waals surface area contributed by atoms with Gasteiger partial charge in [0.25, 0.3) is 5.91 Å². The molecule has 5 nitrogen and oxygen atoms in total. The number of carbonyl (C=O) groups excluding carboxylic acids is 1. The van der Waals surface area contributed by atoms with Gasteiger partial charge in [0.2, 0.25) is 0 Å². The molecule has 0 radical (unpaired) electrons. The zero-order chi connectivity index (χ0) is 17.6. The van der Waals surface area contributed by atoms with Crippen LogP contribution in [0, 0.1) is 11.6 Å². The second kappa shape index (κ2) is 6.22. The zero-order valence-electron chi connectivity index (χ0n) is 14.0. The van der Waals surface area contributed by atoms with E-state index in [2.05, 4.69) is 5.10 Å². The maximum atomic E-state index is 13.6. The van der Waals surface area contributed by atoms with Crippen molar-refractivity contribution < 1.29 is 18.3 Å². The molecule has 1 aliphatic heterocycles. The van der Waals surface area contributed by atoms with Crippen LogP contribution in [0.25, 0.3) is 5.69 Å².